The number of phenolic OH excluding ortho intramolecular Hbond substituents is 2. The third-order valence-corrected chi connectivity index (χ3v) is 6.82. The van der Waals surface area contributed by atoms with Crippen LogP contribution in [0.4, 0.5) is 11.4 Å². The number of carbonyl (C=O) groups excluding carboxylic acids is 1. The highest BCUT2D eigenvalue weighted by molar-refractivity contribution is 6.08. The zero-order valence-corrected chi connectivity index (χ0v) is 21.2. The maximum atomic E-state index is 13.9. The molecule has 1 aliphatic heterocycles. The third-order valence-electron chi connectivity index (χ3n) is 6.82. The average molecular weight is 503 g/mol. The van der Waals surface area contributed by atoms with Crippen LogP contribution in [-0.2, 0) is 6.54 Å². The van der Waals surface area contributed by atoms with Gasteiger partial charge >= 0.3 is 0 Å². The number of benzene rings is 3. The van der Waals surface area contributed by atoms with E-state index in [1.54, 1.807) is 35.2 Å². The number of hydroxylamine groups is 1. The van der Waals surface area contributed by atoms with Crippen molar-refractivity contribution in [3.8, 4) is 11.5 Å². The number of hydrogen-bond acceptors (Lipinski definition) is 6. The van der Waals surface area contributed by atoms with Crippen molar-refractivity contribution in [2.45, 2.75) is 45.6 Å². The van der Waals surface area contributed by atoms with Crippen LogP contribution in [0.1, 0.15) is 66.1 Å². The van der Waals surface area contributed by atoms with E-state index in [1.165, 1.54) is 25.3 Å². The Balaban J connectivity index is 1.69. The zero-order valence-electron chi connectivity index (χ0n) is 21.2. The number of hydrogen-bond donors (Lipinski definition) is 5. The first-order valence-electron chi connectivity index (χ1n) is 12.6. The fourth-order valence-electron chi connectivity index (χ4n) is 4.67. The number of aromatic hydroxyl groups is 2. The summed E-state index contributed by atoms with van der Waals surface area (Å²) in [5.74, 6) is -0.869. The van der Waals surface area contributed by atoms with Crippen LogP contribution in [0.3, 0.4) is 0 Å². The second kappa shape index (κ2) is 11.3. The first-order chi connectivity index (χ1) is 17.8. The molecule has 1 amide bonds. The quantitative estimate of drug-likeness (QED) is 0.168. The normalized spacial score (nSPS) is 13.5. The predicted molar refractivity (Wildman–Crippen MR) is 145 cm³/mol. The molecule has 0 saturated carbocycles. The van der Waals surface area contributed by atoms with E-state index in [0.29, 0.717) is 16.8 Å². The lowest BCUT2D eigenvalue weighted by Crippen LogP contribution is -2.31. The summed E-state index contributed by atoms with van der Waals surface area (Å²) in [5.41, 5.74) is 5.64. The van der Waals surface area contributed by atoms with E-state index in [1.807, 2.05) is 43.6 Å². The van der Waals surface area contributed by atoms with Crippen LogP contribution in [0.15, 0.2) is 60.7 Å². The molecule has 5 N–H and O–H groups in total. The largest absolute Gasteiger partial charge is 0.508 e. The van der Waals surface area contributed by atoms with E-state index in [4.69, 9.17) is 10.6 Å². The van der Waals surface area contributed by atoms with Crippen LogP contribution < -0.4 is 15.3 Å². The van der Waals surface area contributed by atoms with E-state index in [-0.39, 0.29) is 41.3 Å². The minimum atomic E-state index is -0.390. The molecule has 1 saturated heterocycles. The molecule has 8 heteroatoms. The summed E-state index contributed by atoms with van der Waals surface area (Å²) in [7, 11) is 0. The number of piperidine rings is 1. The van der Waals surface area contributed by atoms with E-state index in [2.05, 4.69) is 4.90 Å². The summed E-state index contributed by atoms with van der Waals surface area (Å²) in [6.07, 6.45) is 3.59. The topological polar surface area (TPSA) is 120 Å². The molecule has 3 aromatic carbocycles. The predicted octanol–water partition coefficient (Wildman–Crippen LogP) is 5.36. The fraction of sp³-hybridized carbons (Fsp3) is 0.310. The van der Waals surface area contributed by atoms with Crippen molar-refractivity contribution in [3.05, 3.63) is 82.9 Å². The number of anilines is 2. The van der Waals surface area contributed by atoms with Crippen LogP contribution in [-0.4, -0.2) is 40.3 Å². The van der Waals surface area contributed by atoms with Gasteiger partial charge in [0.2, 0.25) is 0 Å². The SMILES string of the molecule is CC(C)c1cc(C(=O)N(Cc2ccc(C(=N)NO)cc2)c2ccc(N3CCCCC3)cc2)c(O)cc1O. The summed E-state index contributed by atoms with van der Waals surface area (Å²) in [6.45, 7) is 6.09. The van der Waals surface area contributed by atoms with Gasteiger partial charge in [0.25, 0.3) is 5.91 Å². The Kier molecular flexibility index (Phi) is 7.98. The lowest BCUT2D eigenvalue weighted by molar-refractivity contribution is 0.0982. The van der Waals surface area contributed by atoms with Crippen molar-refractivity contribution in [1.29, 1.82) is 5.41 Å². The number of nitrogens with zero attached hydrogens (tertiary/aromatic N) is 2. The van der Waals surface area contributed by atoms with Crippen molar-refractivity contribution < 1.29 is 20.2 Å². The highest BCUT2D eigenvalue weighted by atomic mass is 16.5. The van der Waals surface area contributed by atoms with Gasteiger partial charge < -0.3 is 20.0 Å². The number of rotatable bonds is 7. The van der Waals surface area contributed by atoms with Gasteiger partial charge in [-0.15, -0.1) is 0 Å². The number of carbonyl (C=O) groups is 1. The number of phenols is 2. The molecule has 1 fully saturated rings. The summed E-state index contributed by atoms with van der Waals surface area (Å²) in [6, 6.07) is 17.6. The Labute approximate surface area is 217 Å². The van der Waals surface area contributed by atoms with Crippen LogP contribution in [0, 0.1) is 5.41 Å². The standard InChI is InChI=1S/C29H34N4O4/c1-19(2)24-16-25(27(35)17-26(24)34)29(36)33(18-20-6-8-21(9-7-20)28(30)31-37)23-12-10-22(11-13-23)32-14-4-3-5-15-32/h6-13,16-17,19,34-35,37H,3-5,14-15,18H2,1-2H3,(H2,30,31). The average Bonchev–Trinajstić information content (AvgIpc) is 2.92. The van der Waals surface area contributed by atoms with Crippen LogP contribution in [0.2, 0.25) is 0 Å². The Morgan fingerprint density at radius 2 is 1.62 bits per heavy atom. The highest BCUT2D eigenvalue weighted by Gasteiger charge is 2.24. The molecule has 3 aromatic rings. The Morgan fingerprint density at radius 3 is 2.22 bits per heavy atom. The molecule has 8 nitrogen and oxygen atoms in total. The monoisotopic (exact) mass is 502 g/mol. The molecule has 194 valence electrons. The maximum Gasteiger partial charge on any atom is 0.262 e. The molecular weight excluding hydrogens is 468 g/mol. The molecule has 0 bridgehead atoms. The zero-order chi connectivity index (χ0) is 26.5. The maximum absolute atomic E-state index is 13.9. The molecule has 0 atom stereocenters. The lowest BCUT2D eigenvalue weighted by Gasteiger charge is -2.30. The van der Waals surface area contributed by atoms with Crippen LogP contribution >= 0.6 is 0 Å². The first kappa shape index (κ1) is 26.0. The fourth-order valence-corrected chi connectivity index (χ4v) is 4.67. The van der Waals surface area contributed by atoms with E-state index >= 15 is 0 Å². The van der Waals surface area contributed by atoms with Crippen LogP contribution in [0.25, 0.3) is 0 Å². The van der Waals surface area contributed by atoms with E-state index in [0.717, 1.165) is 24.3 Å². The van der Waals surface area contributed by atoms with Gasteiger partial charge in [-0.25, -0.2) is 0 Å². The van der Waals surface area contributed by atoms with Gasteiger partial charge in [-0.05, 0) is 66.6 Å². The van der Waals surface area contributed by atoms with Gasteiger partial charge in [-0.2, -0.15) is 0 Å². The number of nitrogens with one attached hydrogen (secondary N) is 2. The smallest absolute Gasteiger partial charge is 0.262 e. The van der Waals surface area contributed by atoms with Crippen LogP contribution in [0.5, 0.6) is 11.5 Å². The Morgan fingerprint density at radius 1 is 0.973 bits per heavy atom. The minimum Gasteiger partial charge on any atom is -0.508 e. The minimum absolute atomic E-state index is 0.0348. The van der Waals surface area contributed by atoms with Gasteiger partial charge in [0.05, 0.1) is 12.1 Å². The van der Waals surface area contributed by atoms with Gasteiger partial charge in [0.15, 0.2) is 0 Å². The van der Waals surface area contributed by atoms with Crippen molar-refractivity contribution in [2.24, 2.45) is 0 Å². The van der Waals surface area contributed by atoms with Gasteiger partial charge in [-0.3, -0.25) is 20.9 Å². The van der Waals surface area contributed by atoms with E-state index < -0.39 is 0 Å². The van der Waals surface area contributed by atoms with Gasteiger partial charge in [0, 0.05) is 36.1 Å². The molecule has 0 unspecified atom stereocenters. The number of amidine groups is 1. The number of amides is 1. The summed E-state index contributed by atoms with van der Waals surface area (Å²) >= 11 is 0. The first-order valence-corrected chi connectivity index (χ1v) is 12.6. The second-order valence-electron chi connectivity index (χ2n) is 9.72. The van der Waals surface area contributed by atoms with Crippen molar-refractivity contribution in [2.75, 3.05) is 22.9 Å². The molecule has 37 heavy (non-hydrogen) atoms. The van der Waals surface area contributed by atoms with Gasteiger partial charge in [0.1, 0.15) is 17.3 Å². The molecule has 1 heterocycles. The summed E-state index contributed by atoms with van der Waals surface area (Å²) in [4.78, 5) is 17.8. The molecule has 4 rings (SSSR count). The van der Waals surface area contributed by atoms with E-state index in [9.17, 15) is 15.0 Å². The van der Waals surface area contributed by atoms with Crippen molar-refractivity contribution >= 4 is 23.1 Å². The summed E-state index contributed by atoms with van der Waals surface area (Å²) in [5, 5.41) is 37.6. The lowest BCUT2D eigenvalue weighted by atomic mass is 9.98. The van der Waals surface area contributed by atoms with Crippen molar-refractivity contribution in [3.63, 3.8) is 0 Å². The van der Waals surface area contributed by atoms with Gasteiger partial charge in [-0.1, -0.05) is 38.1 Å². The highest BCUT2D eigenvalue weighted by Crippen LogP contribution is 2.34. The second-order valence-corrected chi connectivity index (χ2v) is 9.72. The molecule has 0 aliphatic carbocycles. The molecule has 1 aliphatic rings. The molecule has 0 spiro atoms. The third kappa shape index (κ3) is 5.86. The molecular formula is C29H34N4O4. The molecule has 0 radical (unpaired) electrons. The Bertz CT molecular complexity index is 1250. The Hall–Kier alpha value is -4.04. The molecule has 0 aromatic heterocycles. The van der Waals surface area contributed by atoms with Crippen molar-refractivity contribution in [1.82, 2.24) is 5.48 Å². The summed E-state index contributed by atoms with van der Waals surface area (Å²) < 4.78 is 0.